The molecule has 6 bridgehead atoms. The molecule has 150 valence electrons. The third-order valence-electron chi connectivity index (χ3n) is 10.8. The van der Waals surface area contributed by atoms with Gasteiger partial charge >= 0.3 is 0 Å². The summed E-state index contributed by atoms with van der Waals surface area (Å²) >= 11 is 0. The van der Waals surface area contributed by atoms with Crippen LogP contribution in [-0.4, -0.2) is 0 Å². The van der Waals surface area contributed by atoms with Crippen molar-refractivity contribution in [2.75, 3.05) is 0 Å². The molecule has 6 saturated carbocycles. The van der Waals surface area contributed by atoms with Gasteiger partial charge in [-0.3, -0.25) is 0 Å². The predicted molar refractivity (Wildman–Crippen MR) is 116 cm³/mol. The number of hydrogen-bond acceptors (Lipinski definition) is 0. The van der Waals surface area contributed by atoms with Crippen molar-refractivity contribution < 1.29 is 0 Å². The van der Waals surface area contributed by atoms with E-state index in [4.69, 9.17) is 0 Å². The first-order valence-electron chi connectivity index (χ1n) is 12.9. The molecular formula is C28H38. The molecule has 6 fully saturated rings. The monoisotopic (exact) mass is 374 g/mol. The van der Waals surface area contributed by atoms with E-state index in [1.54, 1.807) is 31.2 Å². The van der Waals surface area contributed by atoms with Crippen LogP contribution in [0, 0.1) is 42.4 Å². The maximum absolute atomic E-state index is 2.70. The van der Waals surface area contributed by atoms with Crippen LogP contribution in [0.4, 0.5) is 0 Å². The fraction of sp³-hybridized carbons (Fsp3) is 0.786. The summed E-state index contributed by atoms with van der Waals surface area (Å²) in [5.74, 6) is 9.05. The van der Waals surface area contributed by atoms with E-state index in [9.17, 15) is 0 Å². The lowest BCUT2D eigenvalue weighted by molar-refractivity contribution is 0.380. The van der Waals surface area contributed by atoms with E-state index in [1.165, 1.54) is 51.4 Å². The molecule has 28 heavy (non-hydrogen) atoms. The predicted octanol–water partition coefficient (Wildman–Crippen LogP) is 7.71. The third kappa shape index (κ3) is 2.42. The van der Waals surface area contributed by atoms with Crippen molar-refractivity contribution in [1.29, 1.82) is 0 Å². The van der Waals surface area contributed by atoms with Crippen molar-refractivity contribution in [3.8, 4) is 0 Å². The Balaban J connectivity index is 1.37. The Bertz CT molecular complexity index is 740. The Morgan fingerprint density at radius 3 is 1.32 bits per heavy atom. The van der Waals surface area contributed by atoms with Crippen LogP contribution in [0.3, 0.4) is 0 Å². The molecule has 1 aromatic carbocycles. The topological polar surface area (TPSA) is 0 Å². The van der Waals surface area contributed by atoms with Crippen LogP contribution in [0.1, 0.15) is 117 Å². The van der Waals surface area contributed by atoms with Crippen LogP contribution in [-0.2, 0) is 0 Å². The maximum atomic E-state index is 2.70. The van der Waals surface area contributed by atoms with Crippen LogP contribution in [0.25, 0.3) is 0 Å². The highest BCUT2D eigenvalue weighted by Gasteiger charge is 2.48. The van der Waals surface area contributed by atoms with Gasteiger partial charge in [0.1, 0.15) is 0 Å². The highest BCUT2D eigenvalue weighted by atomic mass is 14.5. The minimum absolute atomic E-state index is 0.921. The van der Waals surface area contributed by atoms with Crippen LogP contribution in [0.15, 0.2) is 12.1 Å². The van der Waals surface area contributed by atoms with Gasteiger partial charge in [-0.1, -0.05) is 37.0 Å². The summed E-state index contributed by atoms with van der Waals surface area (Å²) in [5, 5.41) is 0. The molecule has 0 spiro atoms. The highest BCUT2D eigenvalue weighted by molar-refractivity contribution is 5.48. The molecule has 0 saturated heterocycles. The molecule has 0 radical (unpaired) electrons. The Morgan fingerprint density at radius 1 is 0.536 bits per heavy atom. The van der Waals surface area contributed by atoms with Gasteiger partial charge in [0.15, 0.2) is 0 Å². The fourth-order valence-electron chi connectivity index (χ4n) is 9.75. The normalized spacial score (nSPS) is 48.2. The first kappa shape index (κ1) is 17.0. The lowest BCUT2D eigenvalue weighted by Gasteiger charge is -2.35. The smallest absolute Gasteiger partial charge is 0.0125 e. The Morgan fingerprint density at radius 2 is 0.964 bits per heavy atom. The third-order valence-corrected chi connectivity index (χ3v) is 10.8. The molecule has 0 aromatic heterocycles. The lowest BCUT2D eigenvalue weighted by Crippen LogP contribution is -2.21. The van der Waals surface area contributed by atoms with Crippen molar-refractivity contribution in [1.82, 2.24) is 0 Å². The molecule has 0 aliphatic heterocycles. The molecule has 9 atom stereocenters. The van der Waals surface area contributed by atoms with E-state index in [2.05, 4.69) is 19.1 Å². The zero-order valence-corrected chi connectivity index (χ0v) is 17.8. The van der Waals surface area contributed by atoms with Crippen molar-refractivity contribution in [2.24, 2.45) is 35.5 Å². The molecule has 0 amide bonds. The summed E-state index contributed by atoms with van der Waals surface area (Å²) in [6.45, 7) is 2.41. The quantitative estimate of drug-likeness (QED) is 0.508. The van der Waals surface area contributed by atoms with Crippen LogP contribution in [0.2, 0.25) is 0 Å². The van der Waals surface area contributed by atoms with Gasteiger partial charge in [-0.05, 0) is 135 Å². The van der Waals surface area contributed by atoms with Gasteiger partial charge in [-0.2, -0.15) is 0 Å². The van der Waals surface area contributed by atoms with Gasteiger partial charge < -0.3 is 0 Å². The summed E-state index contributed by atoms with van der Waals surface area (Å²) in [5.41, 5.74) is 7.33. The molecule has 6 aliphatic carbocycles. The van der Waals surface area contributed by atoms with Gasteiger partial charge in [-0.15, -0.1) is 0 Å². The Labute approximate surface area is 171 Å². The van der Waals surface area contributed by atoms with Crippen molar-refractivity contribution in [2.45, 2.75) is 102 Å². The van der Waals surface area contributed by atoms with Gasteiger partial charge in [0.05, 0.1) is 0 Å². The molecule has 6 aliphatic rings. The van der Waals surface area contributed by atoms with Gasteiger partial charge in [0, 0.05) is 0 Å². The van der Waals surface area contributed by atoms with E-state index in [-0.39, 0.29) is 0 Å². The summed E-state index contributed by atoms with van der Waals surface area (Å²) in [6, 6.07) is 5.40. The van der Waals surface area contributed by atoms with E-state index in [0.29, 0.717) is 0 Å². The van der Waals surface area contributed by atoms with E-state index >= 15 is 0 Å². The molecule has 7 rings (SSSR count). The van der Waals surface area contributed by atoms with Crippen molar-refractivity contribution >= 4 is 0 Å². The molecule has 0 unspecified atom stereocenters. The molecule has 1 aromatic rings. The molecule has 0 nitrogen and oxygen atoms in total. The number of fused-ring (bicyclic) bond motifs is 6. The van der Waals surface area contributed by atoms with Crippen LogP contribution < -0.4 is 0 Å². The molecule has 0 heteroatoms. The second-order valence-electron chi connectivity index (χ2n) is 12.2. The summed E-state index contributed by atoms with van der Waals surface area (Å²) < 4.78 is 0. The highest BCUT2D eigenvalue weighted by Crippen LogP contribution is 2.61. The van der Waals surface area contributed by atoms with E-state index in [0.717, 1.165) is 53.3 Å². The van der Waals surface area contributed by atoms with Gasteiger partial charge in [0.25, 0.3) is 0 Å². The lowest BCUT2D eigenvalue weighted by atomic mass is 9.69. The number of rotatable bonds is 3. The fourth-order valence-corrected chi connectivity index (χ4v) is 9.75. The maximum Gasteiger partial charge on any atom is -0.0125 e. The Hall–Kier alpha value is -0.780. The van der Waals surface area contributed by atoms with Gasteiger partial charge in [0.2, 0.25) is 0 Å². The van der Waals surface area contributed by atoms with Crippen LogP contribution >= 0.6 is 0 Å². The van der Waals surface area contributed by atoms with E-state index in [1.807, 2.05) is 16.7 Å². The molecule has 0 heterocycles. The zero-order chi connectivity index (χ0) is 18.4. The summed E-state index contributed by atoms with van der Waals surface area (Å²) in [6.07, 6.45) is 18.5. The number of aryl methyl sites for hydroxylation is 1. The zero-order valence-electron chi connectivity index (χ0n) is 17.8. The first-order chi connectivity index (χ1) is 13.7. The molecule has 0 N–H and O–H groups in total. The summed E-state index contributed by atoms with van der Waals surface area (Å²) in [4.78, 5) is 0. The van der Waals surface area contributed by atoms with Crippen molar-refractivity contribution in [3.05, 3.63) is 34.4 Å². The second kappa shape index (κ2) is 6.12. The standard InChI is InChI=1S/C28H38/c1-16-8-26(23-13-17-2-5-20(23)10-17)28(25-15-19-4-7-22(25)12-19)27(9-16)24-14-18-3-6-21(24)11-18/h8-9,17-25H,2-7,10-15H2,1H3/t17-,18-,19-,20+,21+,22+,23+,24+,25+/m1/s1. The van der Waals surface area contributed by atoms with Crippen LogP contribution in [0.5, 0.6) is 0 Å². The Kier molecular flexibility index (Phi) is 3.70. The second-order valence-corrected chi connectivity index (χ2v) is 12.2. The minimum atomic E-state index is 0.921. The summed E-state index contributed by atoms with van der Waals surface area (Å²) in [7, 11) is 0. The molecular weight excluding hydrogens is 336 g/mol. The number of hydrogen-bond donors (Lipinski definition) is 0. The first-order valence-corrected chi connectivity index (χ1v) is 12.9. The van der Waals surface area contributed by atoms with Crippen molar-refractivity contribution in [3.63, 3.8) is 0 Å². The minimum Gasteiger partial charge on any atom is -0.0555 e. The van der Waals surface area contributed by atoms with E-state index < -0.39 is 0 Å². The van der Waals surface area contributed by atoms with Gasteiger partial charge in [-0.25, -0.2) is 0 Å². The number of benzene rings is 1. The SMILES string of the molecule is Cc1cc([C@H]2C[C@@H]3CC[C@H]2C3)c([C@H]2C[C@@H]3CC[C@H]2C3)c([C@H]2C[C@@H]3CC[C@H]2C3)c1. The largest absolute Gasteiger partial charge is 0.0555 e. The average Bonchev–Trinajstić information content (AvgIpc) is 3.53. The average molecular weight is 375 g/mol.